The van der Waals surface area contributed by atoms with Gasteiger partial charge in [0, 0.05) is 13.5 Å². The van der Waals surface area contributed by atoms with E-state index in [9.17, 15) is 0 Å². The molecule has 1 aliphatic rings. The molecule has 1 aliphatic heterocycles. The van der Waals surface area contributed by atoms with Crippen LogP contribution in [-0.2, 0) is 9.47 Å². The average molecular weight is 148 g/mol. The molecule has 4 heteroatoms. The van der Waals surface area contributed by atoms with E-state index in [-0.39, 0.29) is 6.61 Å². The van der Waals surface area contributed by atoms with E-state index in [0.29, 0.717) is 6.42 Å². The Morgan fingerprint density at radius 3 is 2.70 bits per heavy atom. The van der Waals surface area contributed by atoms with Crippen molar-refractivity contribution in [3.63, 3.8) is 0 Å². The van der Waals surface area contributed by atoms with Crippen LogP contribution < -0.4 is 0 Å². The van der Waals surface area contributed by atoms with E-state index >= 15 is 0 Å². The van der Waals surface area contributed by atoms with Gasteiger partial charge in [-0.3, -0.25) is 0 Å². The molecule has 0 unspecified atom stereocenters. The fraction of sp³-hybridized carbons (Fsp3) is 1.00. The lowest BCUT2D eigenvalue weighted by molar-refractivity contribution is -0.224. The maximum atomic E-state index is 9.13. The third-order valence-electron chi connectivity index (χ3n) is 1.51. The molecule has 2 N–H and O–H groups in total. The molecular weight excluding hydrogens is 136 g/mol. The number of methoxy groups -OCH3 is 1. The third kappa shape index (κ3) is 1.67. The van der Waals surface area contributed by atoms with E-state index in [2.05, 4.69) is 0 Å². The molecule has 0 radical (unpaired) electrons. The van der Waals surface area contributed by atoms with Crippen molar-refractivity contribution in [2.75, 3.05) is 13.7 Å². The molecule has 0 bridgehead atoms. The zero-order valence-electron chi connectivity index (χ0n) is 5.86. The Bertz CT molecular complexity index is 106. The second kappa shape index (κ2) is 3.30. The van der Waals surface area contributed by atoms with Gasteiger partial charge in [0.05, 0.1) is 12.7 Å². The molecule has 1 saturated heterocycles. The van der Waals surface area contributed by atoms with Crippen LogP contribution in [0.15, 0.2) is 0 Å². The van der Waals surface area contributed by atoms with Crippen molar-refractivity contribution in [1.29, 1.82) is 0 Å². The number of hydrogen-bond acceptors (Lipinski definition) is 4. The van der Waals surface area contributed by atoms with Crippen molar-refractivity contribution < 1.29 is 19.7 Å². The fourth-order valence-corrected chi connectivity index (χ4v) is 1.00. The highest BCUT2D eigenvalue weighted by Gasteiger charge is 2.28. The van der Waals surface area contributed by atoms with E-state index in [4.69, 9.17) is 19.7 Å². The van der Waals surface area contributed by atoms with Crippen molar-refractivity contribution in [3.05, 3.63) is 0 Å². The molecule has 0 spiro atoms. The van der Waals surface area contributed by atoms with E-state index < -0.39 is 18.5 Å². The van der Waals surface area contributed by atoms with E-state index in [1.54, 1.807) is 0 Å². The molecule has 0 aromatic rings. The molecule has 0 aromatic carbocycles. The van der Waals surface area contributed by atoms with Crippen LogP contribution in [-0.4, -0.2) is 42.4 Å². The van der Waals surface area contributed by atoms with Crippen LogP contribution in [0.4, 0.5) is 0 Å². The fourth-order valence-electron chi connectivity index (χ4n) is 1.00. The lowest BCUT2D eigenvalue weighted by Crippen LogP contribution is -2.41. The van der Waals surface area contributed by atoms with Gasteiger partial charge in [0.25, 0.3) is 0 Å². The number of hydrogen-bond donors (Lipinski definition) is 2. The normalized spacial score (nSPS) is 41.7. The van der Waals surface area contributed by atoms with Gasteiger partial charge in [-0.15, -0.1) is 0 Å². The number of aliphatic hydroxyl groups is 2. The SMILES string of the molecule is CO[C@@H]1OC[C@H](O)C[C@@H]1O. The first kappa shape index (κ1) is 7.94. The summed E-state index contributed by atoms with van der Waals surface area (Å²) < 4.78 is 9.70. The minimum atomic E-state index is -0.700. The van der Waals surface area contributed by atoms with Gasteiger partial charge in [0.15, 0.2) is 6.29 Å². The molecule has 0 aliphatic carbocycles. The maximum Gasteiger partial charge on any atom is 0.183 e. The Labute approximate surface area is 59.4 Å². The Morgan fingerprint density at radius 1 is 1.50 bits per heavy atom. The van der Waals surface area contributed by atoms with Crippen LogP contribution in [0.25, 0.3) is 0 Å². The minimum absolute atomic E-state index is 0.246. The highest BCUT2D eigenvalue weighted by atomic mass is 16.7. The van der Waals surface area contributed by atoms with Crippen molar-refractivity contribution in [3.8, 4) is 0 Å². The van der Waals surface area contributed by atoms with E-state index in [1.165, 1.54) is 7.11 Å². The van der Waals surface area contributed by atoms with Gasteiger partial charge >= 0.3 is 0 Å². The molecule has 3 atom stereocenters. The predicted octanol–water partition coefficient (Wildman–Crippen LogP) is -0.899. The monoisotopic (exact) mass is 148 g/mol. The summed E-state index contributed by atoms with van der Waals surface area (Å²) in [6.45, 7) is 0.246. The molecule has 1 heterocycles. The Kier molecular flexibility index (Phi) is 2.62. The van der Waals surface area contributed by atoms with Crippen LogP contribution in [0.2, 0.25) is 0 Å². The Balaban J connectivity index is 2.36. The van der Waals surface area contributed by atoms with Crippen LogP contribution in [0.3, 0.4) is 0 Å². The summed E-state index contributed by atoms with van der Waals surface area (Å²) in [7, 11) is 1.46. The molecule has 60 valence electrons. The lowest BCUT2D eigenvalue weighted by atomic mass is 10.1. The van der Waals surface area contributed by atoms with Crippen molar-refractivity contribution in [2.45, 2.75) is 24.9 Å². The lowest BCUT2D eigenvalue weighted by Gasteiger charge is -2.29. The largest absolute Gasteiger partial charge is 0.391 e. The summed E-state index contributed by atoms with van der Waals surface area (Å²) >= 11 is 0. The summed E-state index contributed by atoms with van der Waals surface area (Å²) in [5.74, 6) is 0. The van der Waals surface area contributed by atoms with Gasteiger partial charge in [-0.1, -0.05) is 0 Å². The molecule has 0 saturated carbocycles. The summed E-state index contributed by atoms with van der Waals surface area (Å²) in [4.78, 5) is 0. The standard InChI is InChI=1S/C6H12O4/c1-9-6-5(8)2-4(7)3-10-6/h4-8H,2-3H2,1H3/t4-,5+,6-/m1/s1. The molecule has 1 fully saturated rings. The van der Waals surface area contributed by atoms with E-state index in [1.807, 2.05) is 0 Å². The molecule has 0 amide bonds. The Morgan fingerprint density at radius 2 is 2.20 bits per heavy atom. The highest BCUT2D eigenvalue weighted by molar-refractivity contribution is 4.71. The molecular formula is C6H12O4. The van der Waals surface area contributed by atoms with Crippen molar-refractivity contribution in [2.24, 2.45) is 0 Å². The van der Waals surface area contributed by atoms with Crippen LogP contribution in [0.1, 0.15) is 6.42 Å². The van der Waals surface area contributed by atoms with Gasteiger partial charge in [-0.25, -0.2) is 0 Å². The molecule has 1 rings (SSSR count). The van der Waals surface area contributed by atoms with Crippen LogP contribution >= 0.6 is 0 Å². The Hall–Kier alpha value is -0.160. The third-order valence-corrected chi connectivity index (χ3v) is 1.51. The highest BCUT2D eigenvalue weighted by Crippen LogP contribution is 2.14. The zero-order valence-corrected chi connectivity index (χ0v) is 5.86. The number of aliphatic hydroxyl groups excluding tert-OH is 2. The van der Waals surface area contributed by atoms with Gasteiger partial charge in [-0.05, 0) is 0 Å². The average Bonchev–Trinajstić information content (AvgIpc) is 1.88. The summed E-state index contributed by atoms with van der Waals surface area (Å²) in [6, 6.07) is 0. The van der Waals surface area contributed by atoms with Crippen LogP contribution in [0, 0.1) is 0 Å². The smallest absolute Gasteiger partial charge is 0.183 e. The van der Waals surface area contributed by atoms with Gasteiger partial charge < -0.3 is 19.7 Å². The van der Waals surface area contributed by atoms with E-state index in [0.717, 1.165) is 0 Å². The predicted molar refractivity (Wildman–Crippen MR) is 33.4 cm³/mol. The summed E-state index contributed by atoms with van der Waals surface area (Å²) in [5, 5.41) is 18.1. The second-order valence-corrected chi connectivity index (χ2v) is 2.39. The molecule has 0 aromatic heterocycles. The van der Waals surface area contributed by atoms with Crippen molar-refractivity contribution in [1.82, 2.24) is 0 Å². The molecule has 4 nitrogen and oxygen atoms in total. The number of ether oxygens (including phenoxy) is 2. The quantitative estimate of drug-likeness (QED) is 0.506. The maximum absolute atomic E-state index is 9.13. The van der Waals surface area contributed by atoms with Crippen LogP contribution in [0.5, 0.6) is 0 Å². The van der Waals surface area contributed by atoms with Gasteiger partial charge in [-0.2, -0.15) is 0 Å². The van der Waals surface area contributed by atoms with Gasteiger partial charge in [0.1, 0.15) is 6.10 Å². The first-order valence-corrected chi connectivity index (χ1v) is 3.24. The zero-order chi connectivity index (χ0) is 7.56. The molecule has 10 heavy (non-hydrogen) atoms. The minimum Gasteiger partial charge on any atom is -0.391 e. The first-order valence-electron chi connectivity index (χ1n) is 3.24. The second-order valence-electron chi connectivity index (χ2n) is 2.39. The van der Waals surface area contributed by atoms with Crippen molar-refractivity contribution >= 4 is 0 Å². The van der Waals surface area contributed by atoms with Gasteiger partial charge in [0.2, 0.25) is 0 Å². The topological polar surface area (TPSA) is 58.9 Å². The summed E-state index contributed by atoms with van der Waals surface area (Å²) in [6.07, 6.45) is -1.49. The summed E-state index contributed by atoms with van der Waals surface area (Å²) in [5.41, 5.74) is 0. The number of rotatable bonds is 1. The first-order chi connectivity index (χ1) is 4.74.